The van der Waals surface area contributed by atoms with Crippen molar-refractivity contribution in [2.75, 3.05) is 0 Å². The summed E-state index contributed by atoms with van der Waals surface area (Å²) < 4.78 is 13.8. The Kier molecular flexibility index (Phi) is 3.50. The highest BCUT2D eigenvalue weighted by Crippen LogP contribution is 2.19. The molecule has 0 saturated carbocycles. The van der Waals surface area contributed by atoms with Crippen LogP contribution in [0, 0.1) is 5.82 Å². The summed E-state index contributed by atoms with van der Waals surface area (Å²) in [5.74, 6) is 0.0223. The Morgan fingerprint density at radius 3 is 2.53 bits per heavy atom. The van der Waals surface area contributed by atoms with Crippen LogP contribution in [0.2, 0.25) is 0 Å². The molecule has 0 aromatic heterocycles. The quantitative estimate of drug-likeness (QED) is 0.619. The molecule has 0 aliphatic heterocycles. The second kappa shape index (κ2) is 4.31. The van der Waals surface area contributed by atoms with Crippen LogP contribution in [0.3, 0.4) is 0 Å². The topological polar surface area (TPSA) is 38.4 Å². The molecule has 1 rings (SSSR count). The molecular weight excluding hydrogens is 259 g/mol. The van der Waals surface area contributed by atoms with Crippen molar-refractivity contribution in [1.29, 1.82) is 0 Å². The fourth-order valence-corrected chi connectivity index (χ4v) is 1.57. The molecule has 0 unspecified atom stereocenters. The number of nitrogens with two attached hydrogens (primary N) is 1. The number of amidine groups is 1. The zero-order chi connectivity index (χ0) is 11.6. The van der Waals surface area contributed by atoms with Crippen molar-refractivity contribution >= 4 is 21.8 Å². The summed E-state index contributed by atoms with van der Waals surface area (Å²) in [4.78, 5) is 4.28. The van der Waals surface area contributed by atoms with E-state index in [1.54, 1.807) is 6.07 Å². The molecule has 4 heteroatoms. The van der Waals surface area contributed by atoms with Crippen LogP contribution in [-0.2, 0) is 0 Å². The van der Waals surface area contributed by atoms with Crippen molar-refractivity contribution in [3.05, 3.63) is 34.1 Å². The monoisotopic (exact) mass is 272 g/mol. The van der Waals surface area contributed by atoms with Gasteiger partial charge in [0.1, 0.15) is 11.7 Å². The maximum Gasteiger partial charge on any atom is 0.127 e. The van der Waals surface area contributed by atoms with Gasteiger partial charge in [-0.25, -0.2) is 4.39 Å². The zero-order valence-electron chi connectivity index (χ0n) is 9.01. The van der Waals surface area contributed by atoms with Gasteiger partial charge < -0.3 is 5.73 Å². The number of halogens is 2. The molecule has 0 radical (unpaired) electrons. The zero-order valence-corrected chi connectivity index (χ0v) is 10.6. The third-order valence-corrected chi connectivity index (χ3v) is 2.35. The molecule has 2 N–H and O–H groups in total. The van der Waals surface area contributed by atoms with E-state index in [9.17, 15) is 4.39 Å². The van der Waals surface area contributed by atoms with Crippen molar-refractivity contribution < 1.29 is 4.39 Å². The summed E-state index contributed by atoms with van der Waals surface area (Å²) in [6.45, 7) is 5.81. The molecule has 2 nitrogen and oxygen atoms in total. The molecule has 0 saturated heterocycles. The van der Waals surface area contributed by atoms with Gasteiger partial charge in [0.15, 0.2) is 0 Å². The molecule has 0 atom stereocenters. The van der Waals surface area contributed by atoms with Gasteiger partial charge in [-0.1, -0.05) is 15.9 Å². The van der Waals surface area contributed by atoms with Gasteiger partial charge >= 0.3 is 0 Å². The minimum atomic E-state index is -0.319. The Hall–Kier alpha value is -0.900. The van der Waals surface area contributed by atoms with Gasteiger partial charge in [-0.05, 0) is 39.0 Å². The fraction of sp³-hybridized carbons (Fsp3) is 0.364. The molecule has 0 aliphatic carbocycles. The van der Waals surface area contributed by atoms with E-state index in [1.807, 2.05) is 20.8 Å². The molecule has 0 fully saturated rings. The lowest BCUT2D eigenvalue weighted by molar-refractivity contribution is 0.583. The molecule has 1 aromatic rings. The van der Waals surface area contributed by atoms with E-state index >= 15 is 0 Å². The lowest BCUT2D eigenvalue weighted by atomic mass is 10.1. The third kappa shape index (κ3) is 3.63. The Bertz CT molecular complexity index is 394. The van der Waals surface area contributed by atoms with Crippen molar-refractivity contribution in [3.63, 3.8) is 0 Å². The van der Waals surface area contributed by atoms with E-state index in [2.05, 4.69) is 20.9 Å². The highest BCUT2D eigenvalue weighted by Gasteiger charge is 2.11. The van der Waals surface area contributed by atoms with Crippen LogP contribution in [-0.4, -0.2) is 11.4 Å². The van der Waals surface area contributed by atoms with Crippen LogP contribution in [0.15, 0.2) is 27.7 Å². The van der Waals surface area contributed by atoms with E-state index < -0.39 is 0 Å². The molecule has 82 valence electrons. The lowest BCUT2D eigenvalue weighted by Crippen LogP contribution is -2.21. The Labute approximate surface area is 97.5 Å². The van der Waals surface area contributed by atoms with Crippen LogP contribution in [0.4, 0.5) is 4.39 Å². The predicted molar refractivity (Wildman–Crippen MR) is 64.6 cm³/mol. The first kappa shape index (κ1) is 12.2. The first-order valence-corrected chi connectivity index (χ1v) is 5.39. The highest BCUT2D eigenvalue weighted by molar-refractivity contribution is 9.10. The number of aliphatic imine (C=N–C) groups is 1. The Morgan fingerprint density at radius 1 is 1.40 bits per heavy atom. The molecule has 0 bridgehead atoms. The molecule has 1 aromatic carbocycles. The summed E-state index contributed by atoms with van der Waals surface area (Å²) in [5.41, 5.74) is 6.12. The minimum absolute atomic E-state index is 0.268. The maximum absolute atomic E-state index is 13.0. The summed E-state index contributed by atoms with van der Waals surface area (Å²) in [7, 11) is 0. The number of benzene rings is 1. The van der Waals surface area contributed by atoms with Gasteiger partial charge in [0.2, 0.25) is 0 Å². The summed E-state index contributed by atoms with van der Waals surface area (Å²) in [6, 6.07) is 4.36. The Balaban J connectivity index is 3.16. The molecule has 0 spiro atoms. The summed E-state index contributed by atoms with van der Waals surface area (Å²) >= 11 is 3.31. The number of hydrogen-bond acceptors (Lipinski definition) is 1. The third-order valence-electron chi connectivity index (χ3n) is 1.66. The normalized spacial score (nSPS) is 13.0. The smallest absolute Gasteiger partial charge is 0.127 e. The van der Waals surface area contributed by atoms with Crippen LogP contribution in [0.5, 0.6) is 0 Å². The average Bonchev–Trinajstić information content (AvgIpc) is 2.06. The van der Waals surface area contributed by atoms with Gasteiger partial charge in [-0.15, -0.1) is 0 Å². The van der Waals surface area contributed by atoms with Gasteiger partial charge in [-0.2, -0.15) is 0 Å². The van der Waals surface area contributed by atoms with E-state index in [0.717, 1.165) is 4.47 Å². The van der Waals surface area contributed by atoms with Gasteiger partial charge in [-0.3, -0.25) is 4.99 Å². The first-order chi connectivity index (χ1) is 6.79. The van der Waals surface area contributed by atoms with Crippen LogP contribution < -0.4 is 5.73 Å². The van der Waals surface area contributed by atoms with Crippen molar-refractivity contribution in [3.8, 4) is 0 Å². The van der Waals surface area contributed by atoms with Crippen LogP contribution in [0.25, 0.3) is 0 Å². The highest BCUT2D eigenvalue weighted by atomic mass is 79.9. The fourth-order valence-electron chi connectivity index (χ4n) is 1.12. The summed E-state index contributed by atoms with van der Waals surface area (Å²) in [6.07, 6.45) is 0. The van der Waals surface area contributed by atoms with Crippen LogP contribution >= 0.6 is 15.9 Å². The molecule has 0 heterocycles. The lowest BCUT2D eigenvalue weighted by Gasteiger charge is -2.14. The summed E-state index contributed by atoms with van der Waals surface area (Å²) in [5, 5.41) is 0. The number of nitrogens with zero attached hydrogens (tertiary/aromatic N) is 1. The second-order valence-corrected chi connectivity index (χ2v) is 5.15. The first-order valence-electron chi connectivity index (χ1n) is 4.60. The second-order valence-electron chi connectivity index (χ2n) is 4.29. The van der Waals surface area contributed by atoms with Crippen molar-refractivity contribution in [2.24, 2.45) is 10.7 Å². The maximum atomic E-state index is 13.0. The predicted octanol–water partition coefficient (Wildman–Crippen LogP) is 3.09. The van der Waals surface area contributed by atoms with Gasteiger partial charge in [0, 0.05) is 10.0 Å². The average molecular weight is 273 g/mol. The molecule has 0 aliphatic rings. The van der Waals surface area contributed by atoms with Gasteiger partial charge in [0.25, 0.3) is 0 Å². The molecule has 15 heavy (non-hydrogen) atoms. The van der Waals surface area contributed by atoms with Crippen molar-refractivity contribution in [1.82, 2.24) is 0 Å². The van der Waals surface area contributed by atoms with E-state index in [1.165, 1.54) is 12.1 Å². The SMILES string of the molecule is CC(C)(C)N=C(N)c1cc(F)ccc1Br. The van der Waals surface area contributed by atoms with E-state index in [0.29, 0.717) is 11.4 Å². The van der Waals surface area contributed by atoms with Gasteiger partial charge in [0.05, 0.1) is 5.54 Å². The Morgan fingerprint density at radius 2 is 2.00 bits per heavy atom. The van der Waals surface area contributed by atoms with E-state index in [4.69, 9.17) is 5.73 Å². The number of hydrogen-bond donors (Lipinski definition) is 1. The van der Waals surface area contributed by atoms with Crippen LogP contribution in [0.1, 0.15) is 26.3 Å². The van der Waals surface area contributed by atoms with Crippen molar-refractivity contribution in [2.45, 2.75) is 26.3 Å². The number of rotatable bonds is 1. The molecule has 0 amide bonds. The molecular formula is C11H14BrFN2. The standard InChI is InChI=1S/C11H14BrFN2/c1-11(2,3)15-10(14)8-6-7(13)4-5-9(8)12/h4-6H,1-3H3,(H2,14,15). The minimum Gasteiger partial charge on any atom is -0.383 e. The van der Waals surface area contributed by atoms with E-state index in [-0.39, 0.29) is 11.4 Å². The largest absolute Gasteiger partial charge is 0.383 e.